The topological polar surface area (TPSA) is 6.48 Å². The fourth-order valence-electron chi connectivity index (χ4n) is 3.29. The highest BCUT2D eigenvalue weighted by Gasteiger charge is 2.22. The minimum Gasteiger partial charge on any atom is -0.369 e. The molecule has 1 heterocycles. The number of hydrogen-bond donors (Lipinski definition) is 0. The van der Waals surface area contributed by atoms with E-state index in [0.29, 0.717) is 0 Å². The van der Waals surface area contributed by atoms with E-state index in [-0.39, 0.29) is 0 Å². The summed E-state index contributed by atoms with van der Waals surface area (Å²) in [5.41, 5.74) is 4.20. The van der Waals surface area contributed by atoms with Gasteiger partial charge in [0.15, 0.2) is 0 Å². The Bertz CT molecular complexity index is 402. The molecule has 0 unspecified atom stereocenters. The first kappa shape index (κ1) is 14.4. The van der Waals surface area contributed by atoms with E-state index in [2.05, 4.69) is 55.7 Å². The first-order valence-corrected chi connectivity index (χ1v) is 7.72. The number of hydrogen-bond acceptors (Lipinski definition) is 2. The molecule has 0 aromatic heterocycles. The van der Waals surface area contributed by atoms with Crippen LogP contribution in [0.15, 0.2) is 18.2 Å². The third-order valence-corrected chi connectivity index (χ3v) is 4.47. The SMILES string of the molecule is CCC(CC)N1CCN(c2ccc(C)cc2C)CC1. The molecular formula is C17H28N2. The van der Waals surface area contributed by atoms with E-state index in [4.69, 9.17) is 0 Å². The Kier molecular flexibility index (Phi) is 4.87. The van der Waals surface area contributed by atoms with E-state index in [9.17, 15) is 0 Å². The van der Waals surface area contributed by atoms with Crippen molar-refractivity contribution in [3.05, 3.63) is 29.3 Å². The Morgan fingerprint density at radius 3 is 2.16 bits per heavy atom. The first-order valence-electron chi connectivity index (χ1n) is 7.72. The van der Waals surface area contributed by atoms with Crippen molar-refractivity contribution in [2.75, 3.05) is 31.1 Å². The van der Waals surface area contributed by atoms with Crippen LogP contribution in [0.5, 0.6) is 0 Å². The summed E-state index contributed by atoms with van der Waals surface area (Å²) in [4.78, 5) is 5.22. The van der Waals surface area contributed by atoms with Crippen LogP contribution >= 0.6 is 0 Å². The second-order valence-electron chi connectivity index (χ2n) is 5.78. The Morgan fingerprint density at radius 1 is 1.00 bits per heavy atom. The molecule has 1 aliphatic rings. The van der Waals surface area contributed by atoms with E-state index in [1.54, 1.807) is 0 Å². The highest BCUT2D eigenvalue weighted by atomic mass is 15.3. The zero-order valence-corrected chi connectivity index (χ0v) is 12.9. The number of aryl methyl sites for hydroxylation is 2. The van der Waals surface area contributed by atoms with E-state index in [1.165, 1.54) is 55.8 Å². The number of nitrogens with zero attached hydrogens (tertiary/aromatic N) is 2. The molecule has 0 saturated carbocycles. The zero-order valence-electron chi connectivity index (χ0n) is 12.9. The number of rotatable bonds is 4. The number of benzene rings is 1. The molecule has 1 saturated heterocycles. The Balaban J connectivity index is 1.99. The van der Waals surface area contributed by atoms with Crippen molar-refractivity contribution in [1.29, 1.82) is 0 Å². The largest absolute Gasteiger partial charge is 0.369 e. The van der Waals surface area contributed by atoms with Crippen LogP contribution in [0, 0.1) is 13.8 Å². The van der Waals surface area contributed by atoms with Crippen LogP contribution in [-0.2, 0) is 0 Å². The molecule has 0 N–H and O–H groups in total. The summed E-state index contributed by atoms with van der Waals surface area (Å²) >= 11 is 0. The normalized spacial score (nSPS) is 17.2. The average molecular weight is 260 g/mol. The summed E-state index contributed by atoms with van der Waals surface area (Å²) in [5, 5.41) is 0. The predicted octanol–water partition coefficient (Wildman–Crippen LogP) is 3.61. The molecule has 1 fully saturated rings. The standard InChI is InChI=1S/C17H28N2/c1-5-16(6-2)18-9-11-19(12-10-18)17-8-7-14(3)13-15(17)4/h7-8,13,16H,5-6,9-12H2,1-4H3. The van der Waals surface area contributed by atoms with E-state index >= 15 is 0 Å². The molecule has 0 radical (unpaired) electrons. The molecule has 2 nitrogen and oxygen atoms in total. The molecule has 2 rings (SSSR count). The maximum Gasteiger partial charge on any atom is 0.0396 e. The Hall–Kier alpha value is -1.02. The van der Waals surface area contributed by atoms with Gasteiger partial charge in [0, 0.05) is 37.9 Å². The third kappa shape index (κ3) is 3.30. The zero-order chi connectivity index (χ0) is 13.8. The lowest BCUT2D eigenvalue weighted by Gasteiger charge is -2.40. The van der Waals surface area contributed by atoms with Gasteiger partial charge >= 0.3 is 0 Å². The van der Waals surface area contributed by atoms with Gasteiger partial charge in [0.1, 0.15) is 0 Å². The summed E-state index contributed by atoms with van der Waals surface area (Å²) in [6.07, 6.45) is 2.56. The average Bonchev–Trinajstić information content (AvgIpc) is 2.41. The smallest absolute Gasteiger partial charge is 0.0396 e. The molecule has 0 atom stereocenters. The van der Waals surface area contributed by atoms with Gasteiger partial charge in [-0.2, -0.15) is 0 Å². The third-order valence-electron chi connectivity index (χ3n) is 4.47. The highest BCUT2D eigenvalue weighted by molar-refractivity contribution is 5.54. The first-order chi connectivity index (χ1) is 9.15. The van der Waals surface area contributed by atoms with Crippen LogP contribution in [0.3, 0.4) is 0 Å². The van der Waals surface area contributed by atoms with Crippen LogP contribution in [0.2, 0.25) is 0 Å². The van der Waals surface area contributed by atoms with Crippen molar-refractivity contribution in [2.24, 2.45) is 0 Å². The molecule has 1 aromatic carbocycles. The number of piperazine rings is 1. The molecule has 0 bridgehead atoms. The second-order valence-corrected chi connectivity index (χ2v) is 5.78. The van der Waals surface area contributed by atoms with Gasteiger partial charge in [0.25, 0.3) is 0 Å². The van der Waals surface area contributed by atoms with Crippen molar-refractivity contribution in [3.8, 4) is 0 Å². The fourth-order valence-corrected chi connectivity index (χ4v) is 3.29. The van der Waals surface area contributed by atoms with Crippen LogP contribution in [0.25, 0.3) is 0 Å². The molecule has 0 aliphatic carbocycles. The fraction of sp³-hybridized carbons (Fsp3) is 0.647. The van der Waals surface area contributed by atoms with E-state index < -0.39 is 0 Å². The summed E-state index contributed by atoms with van der Waals surface area (Å²) in [5.74, 6) is 0. The van der Waals surface area contributed by atoms with E-state index in [0.717, 1.165) is 6.04 Å². The molecule has 1 aromatic rings. The molecule has 2 heteroatoms. The quantitative estimate of drug-likeness (QED) is 0.816. The number of anilines is 1. The van der Waals surface area contributed by atoms with Crippen LogP contribution in [0.1, 0.15) is 37.8 Å². The maximum absolute atomic E-state index is 2.67. The maximum atomic E-state index is 2.67. The lowest BCUT2D eigenvalue weighted by atomic mass is 10.1. The summed E-state index contributed by atoms with van der Waals surface area (Å²) in [7, 11) is 0. The van der Waals surface area contributed by atoms with Crippen molar-refractivity contribution in [3.63, 3.8) is 0 Å². The van der Waals surface area contributed by atoms with Crippen LogP contribution in [-0.4, -0.2) is 37.1 Å². The van der Waals surface area contributed by atoms with Crippen molar-refractivity contribution in [1.82, 2.24) is 4.90 Å². The van der Waals surface area contributed by atoms with Gasteiger partial charge in [-0.15, -0.1) is 0 Å². The van der Waals surface area contributed by atoms with Crippen molar-refractivity contribution < 1.29 is 0 Å². The van der Waals surface area contributed by atoms with Crippen molar-refractivity contribution >= 4 is 5.69 Å². The minimum atomic E-state index is 0.779. The molecular weight excluding hydrogens is 232 g/mol. The van der Waals surface area contributed by atoms with Gasteiger partial charge in [0.2, 0.25) is 0 Å². The summed E-state index contributed by atoms with van der Waals surface area (Å²) < 4.78 is 0. The molecule has 106 valence electrons. The molecule has 1 aliphatic heterocycles. The molecule has 0 spiro atoms. The Morgan fingerprint density at radius 2 is 1.63 bits per heavy atom. The lowest BCUT2D eigenvalue weighted by molar-refractivity contribution is 0.175. The second kappa shape index (κ2) is 6.42. The Labute approximate surface area is 118 Å². The molecule has 0 amide bonds. The van der Waals surface area contributed by atoms with Crippen LogP contribution in [0.4, 0.5) is 5.69 Å². The van der Waals surface area contributed by atoms with Gasteiger partial charge in [-0.3, -0.25) is 4.90 Å². The molecule has 19 heavy (non-hydrogen) atoms. The van der Waals surface area contributed by atoms with E-state index in [1.807, 2.05) is 0 Å². The lowest BCUT2D eigenvalue weighted by Crippen LogP contribution is -2.50. The van der Waals surface area contributed by atoms with Crippen molar-refractivity contribution in [2.45, 2.75) is 46.6 Å². The van der Waals surface area contributed by atoms with Crippen LogP contribution < -0.4 is 4.90 Å². The van der Waals surface area contributed by atoms with Gasteiger partial charge in [0.05, 0.1) is 0 Å². The minimum absolute atomic E-state index is 0.779. The predicted molar refractivity (Wildman–Crippen MR) is 84.1 cm³/mol. The monoisotopic (exact) mass is 260 g/mol. The van der Waals surface area contributed by atoms with Gasteiger partial charge in [-0.25, -0.2) is 0 Å². The van der Waals surface area contributed by atoms with Gasteiger partial charge in [-0.05, 0) is 38.3 Å². The highest BCUT2D eigenvalue weighted by Crippen LogP contribution is 2.23. The summed E-state index contributed by atoms with van der Waals surface area (Å²) in [6.45, 7) is 13.8. The van der Waals surface area contributed by atoms with Gasteiger partial charge in [-0.1, -0.05) is 31.5 Å². The van der Waals surface area contributed by atoms with Gasteiger partial charge < -0.3 is 4.90 Å². The summed E-state index contributed by atoms with van der Waals surface area (Å²) in [6, 6.07) is 7.59.